The SMILES string of the molecule is CC(C)(C)OC(=O)N1C(c2ncc[nH]2)CC2C[C@H]21. The highest BCUT2D eigenvalue weighted by Crippen LogP contribution is 2.53. The summed E-state index contributed by atoms with van der Waals surface area (Å²) in [5.41, 5.74) is -0.447. The molecule has 1 aliphatic heterocycles. The molecule has 3 atom stereocenters. The van der Waals surface area contributed by atoms with Crippen molar-refractivity contribution in [3.8, 4) is 0 Å². The molecular weight excluding hydrogens is 230 g/mol. The predicted molar refractivity (Wildman–Crippen MR) is 65.9 cm³/mol. The Balaban J connectivity index is 1.78. The van der Waals surface area contributed by atoms with Gasteiger partial charge in [-0.25, -0.2) is 9.78 Å². The van der Waals surface area contributed by atoms with Crippen molar-refractivity contribution in [2.45, 2.75) is 51.3 Å². The second kappa shape index (κ2) is 3.73. The van der Waals surface area contributed by atoms with Crippen LogP contribution in [-0.2, 0) is 4.74 Å². The number of H-pyrrole nitrogens is 1. The fraction of sp³-hybridized carbons (Fsp3) is 0.692. The van der Waals surface area contributed by atoms with Crippen LogP contribution in [0.3, 0.4) is 0 Å². The molecule has 1 amide bonds. The number of carbonyl (C=O) groups is 1. The van der Waals surface area contributed by atoms with Crippen molar-refractivity contribution in [2.24, 2.45) is 5.92 Å². The Morgan fingerprint density at radius 2 is 2.28 bits per heavy atom. The Morgan fingerprint density at radius 3 is 2.89 bits per heavy atom. The highest BCUT2D eigenvalue weighted by atomic mass is 16.6. The summed E-state index contributed by atoms with van der Waals surface area (Å²) in [6, 6.07) is 0.411. The van der Waals surface area contributed by atoms with Crippen LogP contribution in [0.25, 0.3) is 0 Å². The molecule has 1 saturated heterocycles. The summed E-state index contributed by atoms with van der Waals surface area (Å²) in [5, 5.41) is 0. The third-order valence-electron chi connectivity index (χ3n) is 3.54. The molecule has 1 aromatic rings. The normalized spacial score (nSPS) is 30.2. The summed E-state index contributed by atoms with van der Waals surface area (Å²) < 4.78 is 5.49. The van der Waals surface area contributed by atoms with E-state index in [4.69, 9.17) is 4.74 Å². The van der Waals surface area contributed by atoms with Crippen molar-refractivity contribution in [1.82, 2.24) is 14.9 Å². The first-order valence-corrected chi connectivity index (χ1v) is 6.46. The molecule has 5 nitrogen and oxygen atoms in total. The van der Waals surface area contributed by atoms with E-state index >= 15 is 0 Å². The molecule has 1 N–H and O–H groups in total. The lowest BCUT2D eigenvalue weighted by molar-refractivity contribution is 0.0175. The summed E-state index contributed by atoms with van der Waals surface area (Å²) in [4.78, 5) is 21.5. The van der Waals surface area contributed by atoms with E-state index in [-0.39, 0.29) is 12.1 Å². The van der Waals surface area contributed by atoms with Crippen LogP contribution in [0.15, 0.2) is 12.4 Å². The lowest BCUT2D eigenvalue weighted by atomic mass is 10.1. The smallest absolute Gasteiger partial charge is 0.411 e. The second-order valence-corrected chi connectivity index (χ2v) is 6.18. The standard InChI is InChI=1S/C13H19N3O2/c1-13(2,3)18-12(17)16-9-6-8(9)7-10(16)11-14-4-5-15-11/h4-5,8-10H,6-7H2,1-3H3,(H,14,15)/t8?,9-,10?/m1/s1. The van der Waals surface area contributed by atoms with E-state index in [1.165, 1.54) is 0 Å². The third kappa shape index (κ3) is 1.98. The lowest BCUT2D eigenvalue weighted by Gasteiger charge is -2.29. The van der Waals surface area contributed by atoms with Gasteiger partial charge in [-0.15, -0.1) is 0 Å². The molecule has 2 aliphatic rings. The Bertz CT molecular complexity index is 449. The first kappa shape index (κ1) is 11.6. The van der Waals surface area contributed by atoms with Gasteiger partial charge in [0.25, 0.3) is 0 Å². The molecule has 5 heteroatoms. The summed E-state index contributed by atoms with van der Waals surface area (Å²) in [6.45, 7) is 5.69. The van der Waals surface area contributed by atoms with E-state index in [0.717, 1.165) is 18.7 Å². The molecule has 18 heavy (non-hydrogen) atoms. The van der Waals surface area contributed by atoms with E-state index in [9.17, 15) is 4.79 Å². The molecular formula is C13H19N3O2. The molecule has 0 radical (unpaired) electrons. The number of aromatic amines is 1. The molecule has 3 rings (SSSR count). The van der Waals surface area contributed by atoms with Crippen LogP contribution >= 0.6 is 0 Å². The van der Waals surface area contributed by atoms with Gasteiger partial charge in [-0.3, -0.25) is 4.90 Å². The largest absolute Gasteiger partial charge is 0.444 e. The minimum atomic E-state index is -0.447. The quantitative estimate of drug-likeness (QED) is 0.831. The number of aromatic nitrogens is 2. The lowest BCUT2D eigenvalue weighted by Crippen LogP contribution is -2.38. The van der Waals surface area contributed by atoms with E-state index in [1.807, 2.05) is 25.7 Å². The molecule has 1 aromatic heterocycles. The van der Waals surface area contributed by atoms with Crippen molar-refractivity contribution in [1.29, 1.82) is 0 Å². The highest BCUT2D eigenvalue weighted by Gasteiger charge is 2.56. The maximum atomic E-state index is 12.3. The molecule has 98 valence electrons. The van der Waals surface area contributed by atoms with E-state index in [0.29, 0.717) is 12.0 Å². The molecule has 2 fully saturated rings. The van der Waals surface area contributed by atoms with Crippen molar-refractivity contribution >= 4 is 6.09 Å². The minimum absolute atomic E-state index is 0.0543. The van der Waals surface area contributed by atoms with Gasteiger partial charge in [-0.05, 0) is 39.5 Å². The molecule has 2 unspecified atom stereocenters. The Hall–Kier alpha value is -1.52. The third-order valence-corrected chi connectivity index (χ3v) is 3.54. The van der Waals surface area contributed by atoms with Crippen LogP contribution in [0, 0.1) is 5.92 Å². The van der Waals surface area contributed by atoms with Crippen LogP contribution < -0.4 is 0 Å². The zero-order valence-corrected chi connectivity index (χ0v) is 11.0. The number of likely N-dealkylation sites (tertiary alicyclic amines) is 1. The van der Waals surface area contributed by atoms with Crippen LogP contribution in [-0.4, -0.2) is 32.6 Å². The Kier molecular flexibility index (Phi) is 2.40. The number of hydrogen-bond donors (Lipinski definition) is 1. The van der Waals surface area contributed by atoms with Gasteiger partial charge in [0.05, 0.1) is 6.04 Å². The van der Waals surface area contributed by atoms with Gasteiger partial charge in [0.1, 0.15) is 11.4 Å². The van der Waals surface area contributed by atoms with Crippen molar-refractivity contribution in [3.63, 3.8) is 0 Å². The number of rotatable bonds is 1. The second-order valence-electron chi connectivity index (χ2n) is 6.18. The minimum Gasteiger partial charge on any atom is -0.444 e. The van der Waals surface area contributed by atoms with Gasteiger partial charge >= 0.3 is 6.09 Å². The topological polar surface area (TPSA) is 58.2 Å². The maximum absolute atomic E-state index is 12.3. The number of fused-ring (bicyclic) bond motifs is 1. The van der Waals surface area contributed by atoms with Crippen molar-refractivity contribution in [3.05, 3.63) is 18.2 Å². The molecule has 0 bridgehead atoms. The van der Waals surface area contributed by atoms with Gasteiger partial charge in [-0.1, -0.05) is 0 Å². The van der Waals surface area contributed by atoms with E-state index in [1.54, 1.807) is 12.4 Å². The zero-order valence-electron chi connectivity index (χ0n) is 11.0. The zero-order chi connectivity index (χ0) is 12.9. The van der Waals surface area contributed by atoms with Gasteiger partial charge in [0.2, 0.25) is 0 Å². The molecule has 2 heterocycles. The summed E-state index contributed by atoms with van der Waals surface area (Å²) in [7, 11) is 0. The number of amides is 1. The average molecular weight is 249 g/mol. The number of hydrogen-bond acceptors (Lipinski definition) is 3. The van der Waals surface area contributed by atoms with E-state index < -0.39 is 5.60 Å². The van der Waals surface area contributed by atoms with Crippen molar-refractivity contribution < 1.29 is 9.53 Å². The fourth-order valence-electron chi connectivity index (χ4n) is 2.74. The fourth-order valence-corrected chi connectivity index (χ4v) is 2.74. The van der Waals surface area contributed by atoms with Crippen molar-refractivity contribution in [2.75, 3.05) is 0 Å². The summed E-state index contributed by atoms with van der Waals surface area (Å²) in [6.07, 6.45) is 5.42. The molecule has 1 saturated carbocycles. The van der Waals surface area contributed by atoms with Gasteiger partial charge in [0, 0.05) is 18.4 Å². The van der Waals surface area contributed by atoms with Crippen LogP contribution in [0.2, 0.25) is 0 Å². The number of nitrogens with one attached hydrogen (secondary N) is 1. The highest BCUT2D eigenvalue weighted by molar-refractivity contribution is 5.70. The summed E-state index contributed by atoms with van der Waals surface area (Å²) >= 11 is 0. The van der Waals surface area contributed by atoms with Crippen LogP contribution in [0.4, 0.5) is 4.79 Å². The molecule has 0 spiro atoms. The number of carbonyl (C=O) groups excluding carboxylic acids is 1. The Morgan fingerprint density at radius 1 is 1.50 bits per heavy atom. The number of nitrogens with zero attached hydrogens (tertiary/aromatic N) is 2. The van der Waals surface area contributed by atoms with Gasteiger partial charge < -0.3 is 9.72 Å². The van der Waals surface area contributed by atoms with Crippen LogP contribution in [0.1, 0.15) is 45.5 Å². The summed E-state index contributed by atoms with van der Waals surface area (Å²) in [5.74, 6) is 1.50. The monoisotopic (exact) mass is 249 g/mol. The maximum Gasteiger partial charge on any atom is 0.411 e. The average Bonchev–Trinajstić information content (AvgIpc) is 2.76. The van der Waals surface area contributed by atoms with Gasteiger partial charge in [-0.2, -0.15) is 0 Å². The van der Waals surface area contributed by atoms with Gasteiger partial charge in [0.15, 0.2) is 0 Å². The molecule has 1 aliphatic carbocycles. The predicted octanol–water partition coefficient (Wildman–Crippen LogP) is 2.48. The Labute approximate surface area is 107 Å². The first-order valence-electron chi connectivity index (χ1n) is 6.46. The molecule has 0 aromatic carbocycles. The van der Waals surface area contributed by atoms with E-state index in [2.05, 4.69) is 9.97 Å². The first-order chi connectivity index (χ1) is 8.46. The number of piperidine rings is 1. The van der Waals surface area contributed by atoms with Crippen LogP contribution in [0.5, 0.6) is 0 Å². The number of imidazole rings is 1. The number of ether oxygens (including phenoxy) is 1.